The Morgan fingerprint density at radius 2 is 1.81 bits per heavy atom. The van der Waals surface area contributed by atoms with Gasteiger partial charge in [0.15, 0.2) is 5.78 Å². The van der Waals surface area contributed by atoms with Crippen LogP contribution in [0.15, 0.2) is 0 Å². The Labute approximate surface area is 97.4 Å². The van der Waals surface area contributed by atoms with E-state index in [1.54, 1.807) is 13.8 Å². The minimum Gasteiger partial charge on any atom is -0.396 e. The van der Waals surface area contributed by atoms with Crippen LogP contribution < -0.4 is 5.32 Å². The highest BCUT2D eigenvalue weighted by Gasteiger charge is 2.30. The van der Waals surface area contributed by atoms with Crippen molar-refractivity contribution in [3.8, 4) is 0 Å². The topological polar surface area (TPSA) is 66.4 Å². The Kier molecular flexibility index (Phi) is 6.26. The molecule has 0 atom stereocenters. The van der Waals surface area contributed by atoms with Crippen molar-refractivity contribution in [2.24, 2.45) is 5.92 Å². The van der Waals surface area contributed by atoms with Gasteiger partial charge in [0.05, 0.1) is 5.54 Å². The van der Waals surface area contributed by atoms with E-state index in [1.807, 2.05) is 13.8 Å². The summed E-state index contributed by atoms with van der Waals surface area (Å²) in [6.07, 6.45) is 1.62. The Hall–Kier alpha value is -0.900. The molecule has 0 aliphatic rings. The minimum absolute atomic E-state index is 0.0306. The van der Waals surface area contributed by atoms with Gasteiger partial charge in [-0.25, -0.2) is 0 Å². The van der Waals surface area contributed by atoms with Crippen molar-refractivity contribution >= 4 is 11.7 Å². The predicted octanol–water partition coefficient (Wildman–Crippen LogP) is 1.27. The van der Waals surface area contributed by atoms with Crippen molar-refractivity contribution in [2.45, 2.75) is 52.5 Å². The van der Waals surface area contributed by atoms with Gasteiger partial charge in [0.1, 0.15) is 0 Å². The summed E-state index contributed by atoms with van der Waals surface area (Å²) in [5, 5.41) is 11.3. The van der Waals surface area contributed by atoms with Gasteiger partial charge < -0.3 is 10.4 Å². The van der Waals surface area contributed by atoms with E-state index in [-0.39, 0.29) is 24.2 Å². The van der Waals surface area contributed by atoms with Gasteiger partial charge in [0.2, 0.25) is 5.91 Å². The maximum atomic E-state index is 11.8. The van der Waals surface area contributed by atoms with Gasteiger partial charge in [-0.2, -0.15) is 0 Å². The first kappa shape index (κ1) is 15.1. The molecule has 0 aromatic heterocycles. The average molecular weight is 229 g/mol. The number of rotatable bonds is 7. The van der Waals surface area contributed by atoms with Crippen molar-refractivity contribution in [1.29, 1.82) is 0 Å². The molecule has 16 heavy (non-hydrogen) atoms. The van der Waals surface area contributed by atoms with Gasteiger partial charge in [-0.3, -0.25) is 9.59 Å². The zero-order valence-electron chi connectivity index (χ0n) is 10.7. The van der Waals surface area contributed by atoms with Gasteiger partial charge in [0, 0.05) is 18.9 Å². The third-order valence-corrected chi connectivity index (χ3v) is 2.40. The lowest BCUT2D eigenvalue weighted by atomic mass is 9.90. The standard InChI is InChI=1S/C12H23NO3/c1-9(2)11(16)12(3,4)13-10(15)7-5-6-8-14/h9,14H,5-8H2,1-4H3,(H,13,15). The van der Waals surface area contributed by atoms with Crippen molar-refractivity contribution in [2.75, 3.05) is 6.61 Å². The molecule has 1 amide bonds. The maximum Gasteiger partial charge on any atom is 0.220 e. The number of nitrogens with one attached hydrogen (secondary N) is 1. The van der Waals surface area contributed by atoms with Crippen LogP contribution in [0.25, 0.3) is 0 Å². The molecule has 0 saturated heterocycles. The fourth-order valence-electron chi connectivity index (χ4n) is 1.59. The van der Waals surface area contributed by atoms with E-state index >= 15 is 0 Å². The Bertz CT molecular complexity index is 247. The second kappa shape index (κ2) is 6.63. The van der Waals surface area contributed by atoms with Crippen LogP contribution in [0.1, 0.15) is 47.0 Å². The molecule has 0 aliphatic carbocycles. The third kappa shape index (κ3) is 5.26. The lowest BCUT2D eigenvalue weighted by Crippen LogP contribution is -2.51. The lowest BCUT2D eigenvalue weighted by molar-refractivity contribution is -0.132. The summed E-state index contributed by atoms with van der Waals surface area (Å²) < 4.78 is 0. The molecule has 0 rings (SSSR count). The average Bonchev–Trinajstić information content (AvgIpc) is 2.16. The van der Waals surface area contributed by atoms with E-state index in [9.17, 15) is 9.59 Å². The zero-order valence-corrected chi connectivity index (χ0v) is 10.7. The Morgan fingerprint density at radius 3 is 2.25 bits per heavy atom. The summed E-state index contributed by atoms with van der Waals surface area (Å²) >= 11 is 0. The van der Waals surface area contributed by atoms with E-state index in [4.69, 9.17) is 5.11 Å². The fourth-order valence-corrected chi connectivity index (χ4v) is 1.59. The number of hydrogen-bond acceptors (Lipinski definition) is 3. The van der Waals surface area contributed by atoms with Gasteiger partial charge in [-0.05, 0) is 26.7 Å². The number of hydrogen-bond donors (Lipinski definition) is 2. The molecular weight excluding hydrogens is 206 g/mol. The van der Waals surface area contributed by atoms with E-state index in [1.165, 1.54) is 0 Å². The molecule has 0 spiro atoms. The lowest BCUT2D eigenvalue weighted by Gasteiger charge is -2.26. The van der Waals surface area contributed by atoms with E-state index in [0.717, 1.165) is 0 Å². The molecule has 94 valence electrons. The quantitative estimate of drug-likeness (QED) is 0.646. The molecule has 0 bridgehead atoms. The molecule has 4 heteroatoms. The number of aliphatic hydroxyl groups is 1. The second-order valence-electron chi connectivity index (χ2n) is 4.87. The molecule has 0 unspecified atom stereocenters. The second-order valence-corrected chi connectivity index (χ2v) is 4.87. The Morgan fingerprint density at radius 1 is 1.25 bits per heavy atom. The van der Waals surface area contributed by atoms with Gasteiger partial charge in [0.25, 0.3) is 0 Å². The smallest absolute Gasteiger partial charge is 0.220 e. The van der Waals surface area contributed by atoms with Crippen LogP contribution in [-0.4, -0.2) is 28.9 Å². The van der Waals surface area contributed by atoms with E-state index in [0.29, 0.717) is 19.3 Å². The first-order valence-corrected chi connectivity index (χ1v) is 5.77. The summed E-state index contributed by atoms with van der Waals surface area (Å²) in [6, 6.07) is 0. The van der Waals surface area contributed by atoms with Crippen LogP contribution in [0.5, 0.6) is 0 Å². The zero-order chi connectivity index (χ0) is 12.8. The summed E-state index contributed by atoms with van der Waals surface area (Å²) in [5.74, 6) is -0.191. The van der Waals surface area contributed by atoms with Gasteiger partial charge >= 0.3 is 0 Å². The maximum absolute atomic E-state index is 11.8. The van der Waals surface area contributed by atoms with Crippen molar-refractivity contribution in [1.82, 2.24) is 5.32 Å². The summed E-state index contributed by atoms with van der Waals surface area (Å²) in [7, 11) is 0. The molecule has 0 saturated carbocycles. The summed E-state index contributed by atoms with van der Waals surface area (Å²) in [4.78, 5) is 23.3. The first-order valence-electron chi connectivity index (χ1n) is 5.77. The molecular formula is C12H23NO3. The Balaban J connectivity index is 4.15. The van der Waals surface area contributed by atoms with E-state index < -0.39 is 5.54 Å². The number of Topliss-reactive ketones (excluding diaryl/α,β-unsaturated/α-hetero) is 1. The van der Waals surface area contributed by atoms with Crippen LogP contribution in [0.4, 0.5) is 0 Å². The van der Waals surface area contributed by atoms with Crippen LogP contribution in [0, 0.1) is 5.92 Å². The number of aliphatic hydroxyl groups excluding tert-OH is 1. The summed E-state index contributed by atoms with van der Waals surface area (Å²) in [5.41, 5.74) is -0.801. The van der Waals surface area contributed by atoms with Crippen molar-refractivity contribution in [3.05, 3.63) is 0 Å². The van der Waals surface area contributed by atoms with Crippen LogP contribution >= 0.6 is 0 Å². The highest BCUT2D eigenvalue weighted by molar-refractivity contribution is 5.93. The van der Waals surface area contributed by atoms with Crippen molar-refractivity contribution in [3.63, 3.8) is 0 Å². The molecule has 0 heterocycles. The molecule has 0 aromatic rings. The summed E-state index contributed by atoms with van der Waals surface area (Å²) in [6.45, 7) is 7.18. The van der Waals surface area contributed by atoms with Gasteiger partial charge in [-0.1, -0.05) is 13.8 Å². The molecule has 4 nitrogen and oxygen atoms in total. The number of unbranched alkanes of at least 4 members (excludes halogenated alkanes) is 1. The van der Waals surface area contributed by atoms with Crippen LogP contribution in [0.2, 0.25) is 0 Å². The van der Waals surface area contributed by atoms with Gasteiger partial charge in [-0.15, -0.1) is 0 Å². The molecule has 0 radical (unpaired) electrons. The predicted molar refractivity (Wildman–Crippen MR) is 63.0 cm³/mol. The van der Waals surface area contributed by atoms with Crippen LogP contribution in [-0.2, 0) is 9.59 Å². The normalized spacial score (nSPS) is 11.6. The molecule has 0 fully saturated rings. The van der Waals surface area contributed by atoms with E-state index in [2.05, 4.69) is 5.32 Å². The molecule has 0 aliphatic heterocycles. The highest BCUT2D eigenvalue weighted by Crippen LogP contribution is 2.11. The number of ketones is 1. The fraction of sp³-hybridized carbons (Fsp3) is 0.833. The van der Waals surface area contributed by atoms with Crippen LogP contribution in [0.3, 0.4) is 0 Å². The number of carbonyl (C=O) groups excluding carboxylic acids is 2. The highest BCUT2D eigenvalue weighted by atomic mass is 16.3. The number of carbonyl (C=O) groups is 2. The SMILES string of the molecule is CC(C)C(=O)C(C)(C)NC(=O)CCCCO. The molecule has 0 aromatic carbocycles. The van der Waals surface area contributed by atoms with Crippen molar-refractivity contribution < 1.29 is 14.7 Å². The third-order valence-electron chi connectivity index (χ3n) is 2.40. The number of amides is 1. The molecule has 2 N–H and O–H groups in total. The minimum atomic E-state index is -0.801. The first-order chi connectivity index (χ1) is 7.31. The largest absolute Gasteiger partial charge is 0.396 e. The monoisotopic (exact) mass is 229 g/mol.